The highest BCUT2D eigenvalue weighted by atomic mass is 16.5. The fourth-order valence-corrected chi connectivity index (χ4v) is 2.40. The molecule has 3 rings (SSSR count). The number of pyridine rings is 1. The molecule has 1 fully saturated rings. The Morgan fingerprint density at radius 3 is 3.00 bits per heavy atom. The number of hydrogen-bond acceptors (Lipinski definition) is 4. The van der Waals surface area contributed by atoms with E-state index < -0.39 is 0 Å². The molecule has 94 valence electrons. The lowest BCUT2D eigenvalue weighted by Gasteiger charge is -2.32. The van der Waals surface area contributed by atoms with Crippen molar-refractivity contribution in [3.63, 3.8) is 0 Å². The Bertz CT molecular complexity index is 395. The molecule has 1 saturated heterocycles. The summed E-state index contributed by atoms with van der Waals surface area (Å²) in [6.07, 6.45) is 2.34. The van der Waals surface area contributed by atoms with Crippen LogP contribution in [0.25, 0.3) is 0 Å². The first-order chi connectivity index (χ1) is 8.25. The second kappa shape index (κ2) is 4.92. The van der Waals surface area contributed by atoms with Gasteiger partial charge < -0.3 is 14.7 Å². The van der Waals surface area contributed by atoms with E-state index >= 15 is 0 Å². The molecule has 2 aliphatic rings. The van der Waals surface area contributed by atoms with E-state index in [-0.39, 0.29) is 6.10 Å². The van der Waals surface area contributed by atoms with Gasteiger partial charge in [-0.2, -0.15) is 0 Å². The van der Waals surface area contributed by atoms with Gasteiger partial charge in [-0.1, -0.05) is 13.8 Å². The Morgan fingerprint density at radius 2 is 2.24 bits per heavy atom. The lowest BCUT2D eigenvalue weighted by atomic mass is 10.1. The van der Waals surface area contributed by atoms with Gasteiger partial charge in [0.05, 0.1) is 12.1 Å². The fourth-order valence-electron chi connectivity index (χ4n) is 2.40. The van der Waals surface area contributed by atoms with E-state index in [2.05, 4.69) is 9.88 Å². The van der Waals surface area contributed by atoms with E-state index in [1.54, 1.807) is 6.20 Å². The summed E-state index contributed by atoms with van der Waals surface area (Å²) in [5.41, 5.74) is 1.11. The first kappa shape index (κ1) is 12.2. The maximum Gasteiger partial charge on any atom is 0.172 e. The molecule has 0 aromatic carbocycles. The number of anilines is 1. The summed E-state index contributed by atoms with van der Waals surface area (Å²) in [6, 6.07) is 2.24. The van der Waals surface area contributed by atoms with Gasteiger partial charge in [0.25, 0.3) is 0 Å². The average molecular weight is 236 g/mol. The molecule has 0 saturated carbocycles. The summed E-state index contributed by atoms with van der Waals surface area (Å²) in [5, 5.41) is 9.63. The molecular weight excluding hydrogens is 216 g/mol. The largest absolute Gasteiger partial charge is 0.487 e. The molecule has 3 heterocycles. The van der Waals surface area contributed by atoms with Crippen LogP contribution in [0, 0.1) is 6.92 Å². The van der Waals surface area contributed by atoms with E-state index in [1.165, 1.54) is 0 Å². The van der Waals surface area contributed by atoms with Gasteiger partial charge in [0.1, 0.15) is 6.61 Å². The minimum atomic E-state index is -0.244. The Balaban J connectivity index is 0.000000514. The molecule has 0 radical (unpaired) electrons. The molecule has 1 unspecified atom stereocenters. The minimum absolute atomic E-state index is 0.244. The van der Waals surface area contributed by atoms with Crippen molar-refractivity contribution < 1.29 is 9.84 Å². The van der Waals surface area contributed by atoms with E-state index in [9.17, 15) is 5.11 Å². The molecule has 2 aliphatic heterocycles. The predicted molar refractivity (Wildman–Crippen MR) is 67.6 cm³/mol. The van der Waals surface area contributed by atoms with Crippen LogP contribution in [0.2, 0.25) is 0 Å². The number of nitrogens with zero attached hydrogens (tertiary/aromatic N) is 2. The second-order valence-electron chi connectivity index (χ2n) is 4.29. The SMILES string of the molecule is CC.Cc1ccnc2c1OC[C@@H]1CC(O)CN21. The first-order valence-corrected chi connectivity index (χ1v) is 6.29. The van der Waals surface area contributed by atoms with Crippen LogP contribution in [0.3, 0.4) is 0 Å². The fraction of sp³-hybridized carbons (Fsp3) is 0.615. The summed E-state index contributed by atoms with van der Waals surface area (Å²) in [7, 11) is 0. The zero-order chi connectivity index (χ0) is 12.4. The number of hydrogen-bond donors (Lipinski definition) is 1. The van der Waals surface area contributed by atoms with E-state index in [4.69, 9.17) is 4.74 Å². The van der Waals surface area contributed by atoms with Crippen LogP contribution in [0.15, 0.2) is 12.3 Å². The lowest BCUT2D eigenvalue weighted by Crippen LogP contribution is -2.39. The maximum absolute atomic E-state index is 9.63. The van der Waals surface area contributed by atoms with Crippen LogP contribution in [-0.2, 0) is 0 Å². The van der Waals surface area contributed by atoms with E-state index in [0.29, 0.717) is 19.2 Å². The molecule has 2 atom stereocenters. The van der Waals surface area contributed by atoms with Gasteiger partial charge in [-0.25, -0.2) is 4.98 Å². The van der Waals surface area contributed by atoms with Crippen LogP contribution in [0.1, 0.15) is 25.8 Å². The maximum atomic E-state index is 9.63. The molecule has 17 heavy (non-hydrogen) atoms. The Morgan fingerprint density at radius 1 is 1.47 bits per heavy atom. The molecule has 1 N–H and O–H groups in total. The van der Waals surface area contributed by atoms with Crippen molar-refractivity contribution in [3.05, 3.63) is 17.8 Å². The third kappa shape index (κ3) is 2.09. The molecule has 4 nitrogen and oxygen atoms in total. The number of aromatic nitrogens is 1. The second-order valence-corrected chi connectivity index (χ2v) is 4.29. The molecule has 0 bridgehead atoms. The number of rotatable bonds is 0. The van der Waals surface area contributed by atoms with Gasteiger partial charge >= 0.3 is 0 Å². The lowest BCUT2D eigenvalue weighted by molar-refractivity contribution is 0.187. The third-order valence-electron chi connectivity index (χ3n) is 3.17. The highest BCUT2D eigenvalue weighted by molar-refractivity contribution is 5.59. The summed E-state index contributed by atoms with van der Waals surface area (Å²) >= 11 is 0. The summed E-state index contributed by atoms with van der Waals surface area (Å²) in [5.74, 6) is 1.77. The van der Waals surface area contributed by atoms with Crippen LogP contribution < -0.4 is 9.64 Å². The Labute approximate surface area is 102 Å². The van der Waals surface area contributed by atoms with Gasteiger partial charge in [0.15, 0.2) is 11.6 Å². The van der Waals surface area contributed by atoms with Crippen LogP contribution in [0.4, 0.5) is 5.82 Å². The van der Waals surface area contributed by atoms with Crippen molar-refractivity contribution in [1.29, 1.82) is 0 Å². The summed E-state index contributed by atoms with van der Waals surface area (Å²) < 4.78 is 5.70. The first-order valence-electron chi connectivity index (χ1n) is 6.29. The molecule has 1 aromatic heterocycles. The van der Waals surface area contributed by atoms with Crippen molar-refractivity contribution in [3.8, 4) is 5.75 Å². The number of aliphatic hydroxyl groups is 1. The molecule has 0 spiro atoms. The highest BCUT2D eigenvalue weighted by Crippen LogP contribution is 2.37. The smallest absolute Gasteiger partial charge is 0.172 e. The quantitative estimate of drug-likeness (QED) is 0.745. The van der Waals surface area contributed by atoms with Crippen molar-refractivity contribution >= 4 is 5.82 Å². The number of aliphatic hydroxyl groups excluding tert-OH is 1. The molecule has 1 aromatic rings. The normalized spacial score (nSPS) is 25.3. The molecule has 0 amide bonds. The Hall–Kier alpha value is -1.29. The van der Waals surface area contributed by atoms with Gasteiger partial charge in [-0.05, 0) is 25.0 Å². The van der Waals surface area contributed by atoms with Gasteiger partial charge in [-0.3, -0.25) is 0 Å². The number of ether oxygens (including phenoxy) is 1. The highest BCUT2D eigenvalue weighted by Gasteiger charge is 2.37. The van der Waals surface area contributed by atoms with Crippen molar-refractivity contribution in [2.24, 2.45) is 0 Å². The van der Waals surface area contributed by atoms with Gasteiger partial charge in [0.2, 0.25) is 0 Å². The van der Waals surface area contributed by atoms with Gasteiger partial charge in [-0.15, -0.1) is 0 Å². The van der Waals surface area contributed by atoms with E-state index in [0.717, 1.165) is 23.6 Å². The van der Waals surface area contributed by atoms with Gasteiger partial charge in [0, 0.05) is 12.7 Å². The average Bonchev–Trinajstić information content (AvgIpc) is 2.73. The van der Waals surface area contributed by atoms with Crippen molar-refractivity contribution in [2.45, 2.75) is 39.3 Å². The third-order valence-corrected chi connectivity index (χ3v) is 3.17. The number of aryl methyl sites for hydroxylation is 1. The number of fused-ring (bicyclic) bond motifs is 3. The monoisotopic (exact) mass is 236 g/mol. The molecular formula is C13H20N2O2. The van der Waals surface area contributed by atoms with Crippen molar-refractivity contribution in [1.82, 2.24) is 4.98 Å². The molecule has 0 aliphatic carbocycles. The van der Waals surface area contributed by atoms with Crippen LogP contribution in [0.5, 0.6) is 5.75 Å². The summed E-state index contributed by atoms with van der Waals surface area (Å²) in [4.78, 5) is 6.51. The topological polar surface area (TPSA) is 45.6 Å². The van der Waals surface area contributed by atoms with Crippen LogP contribution >= 0.6 is 0 Å². The standard InChI is InChI=1S/C11H14N2O2.C2H6/c1-7-2-3-12-11-10(7)15-6-8-4-9(14)5-13(8)11;1-2/h2-3,8-9,14H,4-6H2,1H3;1-2H3/t8-,9?;/m0./s1. The molecule has 4 heteroatoms. The Kier molecular flexibility index (Phi) is 3.52. The van der Waals surface area contributed by atoms with Crippen LogP contribution in [-0.4, -0.2) is 35.4 Å². The minimum Gasteiger partial charge on any atom is -0.487 e. The van der Waals surface area contributed by atoms with E-state index in [1.807, 2.05) is 26.8 Å². The zero-order valence-corrected chi connectivity index (χ0v) is 10.7. The van der Waals surface area contributed by atoms with Crippen molar-refractivity contribution in [2.75, 3.05) is 18.1 Å². The zero-order valence-electron chi connectivity index (χ0n) is 10.7. The predicted octanol–water partition coefficient (Wildman–Crippen LogP) is 1.75. The summed E-state index contributed by atoms with van der Waals surface area (Å²) in [6.45, 7) is 7.36.